The minimum Gasteiger partial charge on any atom is -0.352 e. The molecule has 1 fully saturated rings. The summed E-state index contributed by atoms with van der Waals surface area (Å²) in [6, 6.07) is 18.2. The van der Waals surface area contributed by atoms with Gasteiger partial charge in [-0.25, -0.2) is 13.4 Å². The van der Waals surface area contributed by atoms with Crippen LogP contribution < -0.4 is 14.9 Å². The van der Waals surface area contributed by atoms with E-state index < -0.39 is 10.0 Å². The summed E-state index contributed by atoms with van der Waals surface area (Å²) in [6.45, 7) is 3.28. The summed E-state index contributed by atoms with van der Waals surface area (Å²) in [5, 5.41) is 5.72. The number of benzene rings is 2. The van der Waals surface area contributed by atoms with Crippen LogP contribution in [0.2, 0.25) is 0 Å². The van der Waals surface area contributed by atoms with E-state index in [1.165, 1.54) is 0 Å². The molecule has 0 spiro atoms. The van der Waals surface area contributed by atoms with Crippen molar-refractivity contribution in [2.24, 2.45) is 0 Å². The van der Waals surface area contributed by atoms with Gasteiger partial charge in [0.05, 0.1) is 4.90 Å². The van der Waals surface area contributed by atoms with Crippen LogP contribution in [0.25, 0.3) is 21.7 Å². The lowest BCUT2D eigenvalue weighted by molar-refractivity contribution is 0.586. The summed E-state index contributed by atoms with van der Waals surface area (Å²) in [7, 11) is -3.82. The van der Waals surface area contributed by atoms with Gasteiger partial charge in [-0.15, -0.1) is 0 Å². The number of sulfonamides is 1. The molecule has 0 saturated carbocycles. The molecule has 2 aromatic heterocycles. The van der Waals surface area contributed by atoms with Crippen LogP contribution in [-0.2, 0) is 10.0 Å². The third-order valence-electron chi connectivity index (χ3n) is 5.26. The van der Waals surface area contributed by atoms with E-state index in [0.29, 0.717) is 11.2 Å². The minimum absolute atomic E-state index is 0.234. The zero-order chi connectivity index (χ0) is 20.6. The van der Waals surface area contributed by atoms with Crippen molar-refractivity contribution >= 4 is 43.3 Å². The van der Waals surface area contributed by atoms with Crippen molar-refractivity contribution in [3.63, 3.8) is 0 Å². The molecule has 0 amide bonds. The van der Waals surface area contributed by atoms with Gasteiger partial charge >= 0.3 is 0 Å². The predicted octanol–water partition coefficient (Wildman–Crippen LogP) is 2.99. The van der Waals surface area contributed by atoms with Crippen molar-refractivity contribution in [2.45, 2.75) is 4.90 Å². The van der Waals surface area contributed by atoms with Gasteiger partial charge in [0.15, 0.2) is 5.82 Å². The largest absolute Gasteiger partial charge is 0.352 e. The van der Waals surface area contributed by atoms with Gasteiger partial charge in [-0.05, 0) is 23.6 Å². The van der Waals surface area contributed by atoms with Gasteiger partial charge in [-0.2, -0.15) is 0 Å². The van der Waals surface area contributed by atoms with Crippen molar-refractivity contribution in [1.82, 2.24) is 15.3 Å². The van der Waals surface area contributed by atoms with E-state index >= 15 is 0 Å². The number of aromatic nitrogens is 2. The Balaban J connectivity index is 1.59. The van der Waals surface area contributed by atoms with Crippen LogP contribution >= 0.6 is 0 Å². The second-order valence-corrected chi connectivity index (χ2v) is 8.88. The van der Waals surface area contributed by atoms with E-state index in [9.17, 15) is 8.42 Å². The maximum absolute atomic E-state index is 13.2. The number of pyridine rings is 2. The van der Waals surface area contributed by atoms with Crippen LogP contribution in [0.15, 0.2) is 71.8 Å². The maximum atomic E-state index is 13.2. The van der Waals surface area contributed by atoms with E-state index in [0.717, 1.165) is 42.5 Å². The molecule has 0 atom stereocenters. The Hall–Kier alpha value is -3.23. The average molecular weight is 420 g/mol. The fraction of sp³-hybridized carbons (Fsp3) is 0.182. The predicted molar refractivity (Wildman–Crippen MR) is 119 cm³/mol. The molecule has 0 bridgehead atoms. The highest BCUT2D eigenvalue weighted by Crippen LogP contribution is 2.29. The lowest BCUT2D eigenvalue weighted by Gasteiger charge is -2.29. The van der Waals surface area contributed by atoms with Gasteiger partial charge < -0.3 is 10.2 Å². The topological polar surface area (TPSA) is 87.2 Å². The van der Waals surface area contributed by atoms with Crippen molar-refractivity contribution < 1.29 is 8.42 Å². The Labute approximate surface area is 174 Å². The molecule has 3 heterocycles. The van der Waals surface area contributed by atoms with E-state index in [-0.39, 0.29) is 10.7 Å². The van der Waals surface area contributed by atoms with Crippen molar-refractivity contribution in [1.29, 1.82) is 0 Å². The fourth-order valence-electron chi connectivity index (χ4n) is 3.84. The normalized spacial score (nSPS) is 14.9. The lowest BCUT2D eigenvalue weighted by atomic mass is 10.1. The summed E-state index contributed by atoms with van der Waals surface area (Å²) in [5.41, 5.74) is 0.771. The molecular weight excluding hydrogens is 398 g/mol. The molecule has 30 heavy (non-hydrogen) atoms. The maximum Gasteiger partial charge on any atom is 0.263 e. The monoisotopic (exact) mass is 419 g/mol. The molecule has 0 aliphatic carbocycles. The van der Waals surface area contributed by atoms with E-state index in [1.54, 1.807) is 24.4 Å². The number of nitrogens with zero attached hydrogens (tertiary/aromatic N) is 3. The number of piperazine rings is 1. The molecule has 8 heteroatoms. The molecule has 0 unspecified atom stereocenters. The molecule has 2 aromatic carbocycles. The van der Waals surface area contributed by atoms with Crippen molar-refractivity contribution in [2.75, 3.05) is 35.8 Å². The molecule has 4 aromatic rings. The number of fused-ring (bicyclic) bond motifs is 2. The van der Waals surface area contributed by atoms with Gasteiger partial charge in [0.2, 0.25) is 0 Å². The zero-order valence-electron chi connectivity index (χ0n) is 16.2. The Morgan fingerprint density at radius 3 is 2.57 bits per heavy atom. The Kier molecular flexibility index (Phi) is 4.72. The van der Waals surface area contributed by atoms with Gasteiger partial charge in [-0.3, -0.25) is 9.71 Å². The van der Waals surface area contributed by atoms with Crippen LogP contribution in [0.4, 0.5) is 11.6 Å². The SMILES string of the molecule is O=S(=O)(Nc1cc2cccnc2c(N2CCNCC2)n1)c1cccc2ccccc12. The quantitative estimate of drug-likeness (QED) is 0.529. The molecule has 1 saturated heterocycles. The Morgan fingerprint density at radius 2 is 1.70 bits per heavy atom. The van der Waals surface area contributed by atoms with Crippen LogP contribution in [0.3, 0.4) is 0 Å². The second-order valence-electron chi connectivity index (χ2n) is 7.23. The standard InChI is InChI=1S/C22H21N5O2S/c28-30(29,19-9-3-6-16-5-1-2-8-18(16)19)26-20-15-17-7-4-10-24-21(17)22(25-20)27-13-11-23-12-14-27/h1-10,15,23H,11-14H2,(H,25,26). The Bertz CT molecular complexity index is 1330. The van der Waals surface area contributed by atoms with E-state index in [4.69, 9.17) is 0 Å². The summed E-state index contributed by atoms with van der Waals surface area (Å²) in [6.07, 6.45) is 1.73. The van der Waals surface area contributed by atoms with Gasteiger partial charge in [0, 0.05) is 43.1 Å². The van der Waals surface area contributed by atoms with Crippen LogP contribution in [0.1, 0.15) is 0 Å². The highest BCUT2D eigenvalue weighted by Gasteiger charge is 2.21. The minimum atomic E-state index is -3.82. The molecule has 1 aliphatic rings. The Morgan fingerprint density at radius 1 is 0.933 bits per heavy atom. The van der Waals surface area contributed by atoms with E-state index in [2.05, 4.69) is 24.9 Å². The summed E-state index contributed by atoms with van der Waals surface area (Å²) < 4.78 is 29.2. The third kappa shape index (κ3) is 3.44. The second kappa shape index (κ2) is 7.55. The highest BCUT2D eigenvalue weighted by molar-refractivity contribution is 7.93. The lowest BCUT2D eigenvalue weighted by Crippen LogP contribution is -2.44. The molecule has 5 rings (SSSR count). The first-order valence-electron chi connectivity index (χ1n) is 9.84. The molecule has 0 radical (unpaired) electrons. The molecule has 1 aliphatic heterocycles. The van der Waals surface area contributed by atoms with Crippen LogP contribution in [0.5, 0.6) is 0 Å². The zero-order valence-corrected chi connectivity index (χ0v) is 17.1. The smallest absolute Gasteiger partial charge is 0.263 e. The van der Waals surface area contributed by atoms with Crippen molar-refractivity contribution in [3.8, 4) is 0 Å². The number of rotatable bonds is 4. The molecular formula is C22H21N5O2S. The number of hydrogen-bond donors (Lipinski definition) is 2. The molecule has 152 valence electrons. The average Bonchev–Trinajstić information content (AvgIpc) is 2.78. The number of hydrogen-bond acceptors (Lipinski definition) is 6. The summed E-state index contributed by atoms with van der Waals surface area (Å²) in [4.78, 5) is 11.5. The van der Waals surface area contributed by atoms with Crippen LogP contribution in [-0.4, -0.2) is 44.6 Å². The van der Waals surface area contributed by atoms with Crippen LogP contribution in [0, 0.1) is 0 Å². The number of anilines is 2. The summed E-state index contributed by atoms with van der Waals surface area (Å²) in [5.74, 6) is 0.988. The first-order valence-corrected chi connectivity index (χ1v) is 11.3. The van der Waals surface area contributed by atoms with Crippen molar-refractivity contribution in [3.05, 3.63) is 66.9 Å². The van der Waals surface area contributed by atoms with Gasteiger partial charge in [0.25, 0.3) is 10.0 Å². The first kappa shape index (κ1) is 18.8. The first-order chi connectivity index (χ1) is 14.6. The molecule has 2 N–H and O–H groups in total. The summed E-state index contributed by atoms with van der Waals surface area (Å²) >= 11 is 0. The highest BCUT2D eigenvalue weighted by atomic mass is 32.2. The third-order valence-corrected chi connectivity index (χ3v) is 6.68. The van der Waals surface area contributed by atoms with Gasteiger partial charge in [0.1, 0.15) is 11.3 Å². The van der Waals surface area contributed by atoms with E-state index in [1.807, 2.05) is 42.5 Å². The molecule has 7 nitrogen and oxygen atoms in total. The number of nitrogens with one attached hydrogen (secondary N) is 2. The fourth-order valence-corrected chi connectivity index (χ4v) is 5.06. The van der Waals surface area contributed by atoms with Gasteiger partial charge in [-0.1, -0.05) is 42.5 Å².